The van der Waals surface area contributed by atoms with Crippen LogP contribution >= 0.6 is 10.7 Å². The lowest BCUT2D eigenvalue weighted by Crippen LogP contribution is -2.51. The quantitative estimate of drug-likeness (QED) is 0.248. The van der Waals surface area contributed by atoms with Crippen molar-refractivity contribution in [3.63, 3.8) is 0 Å². The van der Waals surface area contributed by atoms with Crippen LogP contribution in [0.2, 0.25) is 0 Å². The molecule has 1 saturated heterocycles. The maximum atomic E-state index is 15.5. The predicted octanol–water partition coefficient (Wildman–Crippen LogP) is 4.10. The van der Waals surface area contributed by atoms with Crippen LogP contribution in [-0.4, -0.2) is 75.9 Å². The Hall–Kier alpha value is -3.50. The summed E-state index contributed by atoms with van der Waals surface area (Å²) < 4.78 is 41.2. The van der Waals surface area contributed by atoms with E-state index in [0.29, 0.717) is 33.0 Å². The normalized spacial score (nSPS) is 17.7. The summed E-state index contributed by atoms with van der Waals surface area (Å²) >= 11 is 0. The Labute approximate surface area is 242 Å². The fraction of sp³-hybridized carbons (Fsp3) is 0.310. The summed E-state index contributed by atoms with van der Waals surface area (Å²) in [6.45, 7) is 5.42. The Kier molecular flexibility index (Phi) is 6.81. The number of rotatable bonds is 7. The Morgan fingerprint density at radius 2 is 1.88 bits per heavy atom. The zero-order valence-corrected chi connectivity index (χ0v) is 23.8. The number of aromatic nitrogens is 3. The number of ether oxygens (including phenoxy) is 1. The van der Waals surface area contributed by atoms with Crippen LogP contribution in [0.1, 0.15) is 35.5 Å². The van der Waals surface area contributed by atoms with Crippen LogP contribution in [0.3, 0.4) is 0 Å². The van der Waals surface area contributed by atoms with Gasteiger partial charge in [-0.1, -0.05) is 19.7 Å². The lowest BCUT2D eigenvalue weighted by molar-refractivity contribution is 0.0727. The van der Waals surface area contributed by atoms with Gasteiger partial charge in [0, 0.05) is 54.1 Å². The van der Waals surface area contributed by atoms with E-state index in [1.165, 1.54) is 24.4 Å². The van der Waals surface area contributed by atoms with Crippen LogP contribution in [0, 0.1) is 11.6 Å². The minimum atomic E-state index is -1.80. The van der Waals surface area contributed by atoms with E-state index in [1.54, 1.807) is 36.1 Å². The zero-order valence-electron chi connectivity index (χ0n) is 23.0. The first-order valence-electron chi connectivity index (χ1n) is 13.2. The maximum Gasteiger partial charge on any atom is 0.255 e. The van der Waals surface area contributed by atoms with Crippen molar-refractivity contribution in [3.8, 4) is 16.9 Å². The van der Waals surface area contributed by atoms with Gasteiger partial charge in [0.1, 0.15) is 29.0 Å². The molecule has 1 fully saturated rings. The lowest BCUT2D eigenvalue weighted by atomic mass is 9.59. The van der Waals surface area contributed by atoms with Crippen LogP contribution in [0.5, 0.6) is 5.75 Å². The third-order valence-corrected chi connectivity index (χ3v) is 9.66. The topological polar surface area (TPSA) is 63.5 Å². The number of benzene rings is 2. The van der Waals surface area contributed by atoms with Crippen molar-refractivity contribution < 1.29 is 18.3 Å². The molecule has 0 spiro atoms. The molecule has 6 rings (SSSR count). The van der Waals surface area contributed by atoms with E-state index >= 15 is 8.78 Å². The van der Waals surface area contributed by atoms with Gasteiger partial charge in [-0.25, -0.2) is 13.1 Å². The highest BCUT2D eigenvalue weighted by Crippen LogP contribution is 2.39. The minimum absolute atomic E-state index is 0.0163. The fourth-order valence-corrected chi connectivity index (χ4v) is 6.61. The van der Waals surface area contributed by atoms with Gasteiger partial charge in [-0.15, -0.1) is 10.7 Å². The van der Waals surface area contributed by atoms with Crippen molar-refractivity contribution in [1.29, 1.82) is 0 Å². The van der Waals surface area contributed by atoms with Gasteiger partial charge in [0.05, 0.1) is 33.5 Å². The number of aryl methyl sites for hydroxylation is 1. The highest BCUT2D eigenvalue weighted by atomic mass is 32.2. The molecule has 2 aliphatic rings. The Bertz CT molecular complexity index is 1700. The largest absolute Gasteiger partial charge is 0.485 e. The van der Waals surface area contributed by atoms with Crippen molar-refractivity contribution in [2.45, 2.75) is 37.1 Å². The maximum absolute atomic E-state index is 15.5. The molecular formula is C29H27B2F2N5O2S. The van der Waals surface area contributed by atoms with E-state index in [4.69, 9.17) is 20.4 Å². The van der Waals surface area contributed by atoms with E-state index in [9.17, 15) is 4.79 Å². The van der Waals surface area contributed by atoms with E-state index in [2.05, 4.69) is 34.1 Å². The second-order valence-corrected chi connectivity index (χ2v) is 13.0. The number of hydrogen-bond acceptors (Lipinski definition) is 5. The van der Waals surface area contributed by atoms with Crippen LogP contribution in [0.4, 0.5) is 8.78 Å². The Morgan fingerprint density at radius 3 is 2.54 bits per heavy atom. The van der Waals surface area contributed by atoms with Crippen molar-refractivity contribution in [3.05, 3.63) is 77.2 Å². The van der Waals surface area contributed by atoms with Gasteiger partial charge in [0.2, 0.25) is 0 Å². The Morgan fingerprint density at radius 1 is 1.17 bits per heavy atom. The first-order chi connectivity index (χ1) is 19.5. The first kappa shape index (κ1) is 27.7. The molecule has 1 amide bonds. The highest BCUT2D eigenvalue weighted by molar-refractivity contribution is 8.12. The molecule has 1 unspecified atom stereocenters. The van der Waals surface area contributed by atoms with Crippen molar-refractivity contribution in [2.24, 2.45) is 7.05 Å². The minimum Gasteiger partial charge on any atom is -0.485 e. The predicted molar refractivity (Wildman–Crippen MR) is 159 cm³/mol. The van der Waals surface area contributed by atoms with E-state index in [0.717, 1.165) is 18.0 Å². The molecule has 2 aromatic heterocycles. The summed E-state index contributed by atoms with van der Waals surface area (Å²) in [5, 5.41) is 3.94. The van der Waals surface area contributed by atoms with Crippen molar-refractivity contribution >= 4 is 49.0 Å². The smallest absolute Gasteiger partial charge is 0.255 e. The second-order valence-electron chi connectivity index (χ2n) is 10.7. The van der Waals surface area contributed by atoms with Crippen molar-refractivity contribution in [2.75, 3.05) is 13.1 Å². The second kappa shape index (κ2) is 10.1. The van der Waals surface area contributed by atoms with E-state index < -0.39 is 29.4 Å². The summed E-state index contributed by atoms with van der Waals surface area (Å²) in [5.41, 5.74) is 1.57. The van der Waals surface area contributed by atoms with Crippen LogP contribution in [-0.2, 0) is 18.9 Å². The molecular weight excluding hydrogens is 542 g/mol. The summed E-state index contributed by atoms with van der Waals surface area (Å²) in [7, 11) is 14.1. The third kappa shape index (κ3) is 4.67. The molecule has 0 aliphatic carbocycles. The first-order valence-corrected chi connectivity index (χ1v) is 14.6. The monoisotopic (exact) mass is 569 g/mol. The van der Waals surface area contributed by atoms with Gasteiger partial charge in [-0.2, -0.15) is 5.10 Å². The summed E-state index contributed by atoms with van der Waals surface area (Å²) in [6.07, 6.45) is 3.27. The number of fused-ring (bicyclic) bond motifs is 2. The van der Waals surface area contributed by atoms with Gasteiger partial charge in [-0.3, -0.25) is 14.5 Å². The molecule has 1 atom stereocenters. The van der Waals surface area contributed by atoms with Gasteiger partial charge in [0.25, 0.3) is 5.91 Å². The molecule has 2 aliphatic heterocycles. The van der Waals surface area contributed by atoms with E-state index in [-0.39, 0.29) is 33.6 Å². The third-order valence-electron chi connectivity index (χ3n) is 7.62. The zero-order chi connectivity index (χ0) is 29.2. The molecule has 206 valence electrons. The molecule has 2 aromatic carbocycles. The number of carbonyl (C=O) groups is 1. The molecule has 4 aromatic rings. The van der Waals surface area contributed by atoms with Gasteiger partial charge < -0.3 is 9.64 Å². The SMILES string of the molecule is [B]C1([B])c2ncccc2C(=O)N1Cc1c(F)cc(-c2ccc(OC3CN(S(=C)C(C)C)C3)c3nn(C)cc23)cc1F. The molecule has 41 heavy (non-hydrogen) atoms. The number of hydrogen-bond donors (Lipinski definition) is 0. The molecule has 0 saturated carbocycles. The van der Waals surface area contributed by atoms with Gasteiger partial charge in [-0.05, 0) is 47.5 Å². The Balaban J connectivity index is 1.28. The number of pyridine rings is 1. The average molecular weight is 569 g/mol. The number of amides is 1. The van der Waals surface area contributed by atoms with Crippen LogP contribution in [0.25, 0.3) is 22.0 Å². The van der Waals surface area contributed by atoms with Gasteiger partial charge in [0.15, 0.2) is 0 Å². The molecule has 0 N–H and O–H groups in total. The van der Waals surface area contributed by atoms with E-state index in [1.807, 2.05) is 0 Å². The molecule has 4 radical (unpaired) electrons. The number of nitrogens with zero attached hydrogens (tertiary/aromatic N) is 5. The van der Waals surface area contributed by atoms with Gasteiger partial charge >= 0.3 is 0 Å². The van der Waals surface area contributed by atoms with Crippen LogP contribution in [0.15, 0.2) is 48.8 Å². The van der Waals surface area contributed by atoms with Crippen LogP contribution < -0.4 is 4.74 Å². The average Bonchev–Trinajstić information content (AvgIpc) is 3.38. The summed E-state index contributed by atoms with van der Waals surface area (Å²) in [4.78, 5) is 18.1. The number of carbonyl (C=O) groups excluding carboxylic acids is 1. The highest BCUT2D eigenvalue weighted by Gasteiger charge is 2.43. The molecule has 12 heteroatoms. The standard InChI is InChI=1S/C29H27B2F2N5O2S/c1-16(2)41(4)37-12-18(13-37)40-25-8-7-19(21-14-36(3)35-26(21)25)17-10-23(32)22(24(33)11-17)15-38-28(39)20-6-5-9-34-27(20)29(38,30)31/h5-11,14,16,18H,4,12-13,15H2,1-3H3. The van der Waals surface area contributed by atoms with Crippen molar-refractivity contribution in [1.82, 2.24) is 24.0 Å². The molecule has 0 bridgehead atoms. The number of halogens is 2. The lowest BCUT2D eigenvalue weighted by Gasteiger charge is -2.41. The molecule has 4 heterocycles. The summed E-state index contributed by atoms with van der Waals surface area (Å²) in [6, 6.07) is 9.16. The molecule has 7 nitrogen and oxygen atoms in total. The fourth-order valence-electron chi connectivity index (χ4n) is 5.30. The summed E-state index contributed by atoms with van der Waals surface area (Å²) in [5.74, 6) is 2.67.